The molecule has 19 heavy (non-hydrogen) atoms. The molecule has 0 aliphatic rings. The molecule has 2 atom stereocenters. The van der Waals surface area contributed by atoms with Gasteiger partial charge in [-0.05, 0) is 37.3 Å². The first-order valence-electron chi connectivity index (χ1n) is 6.80. The lowest BCUT2D eigenvalue weighted by Crippen LogP contribution is -2.36. The van der Waals surface area contributed by atoms with Crippen molar-refractivity contribution in [1.29, 1.82) is 0 Å². The first kappa shape index (κ1) is 15.7. The van der Waals surface area contributed by atoms with Gasteiger partial charge in [0.05, 0.1) is 6.10 Å². The average molecular weight is 263 g/mol. The highest BCUT2D eigenvalue weighted by Crippen LogP contribution is 2.25. The Morgan fingerprint density at radius 1 is 1.26 bits per heavy atom. The maximum Gasteiger partial charge on any atom is 0.251 e. The van der Waals surface area contributed by atoms with Crippen LogP contribution in [0.15, 0.2) is 24.3 Å². The van der Waals surface area contributed by atoms with Gasteiger partial charge in [-0.3, -0.25) is 4.79 Å². The van der Waals surface area contributed by atoms with E-state index < -0.39 is 6.10 Å². The molecule has 0 saturated heterocycles. The zero-order valence-corrected chi connectivity index (χ0v) is 12.5. The molecule has 0 spiro atoms. The van der Waals surface area contributed by atoms with E-state index in [2.05, 4.69) is 26.1 Å². The number of amides is 1. The van der Waals surface area contributed by atoms with Gasteiger partial charge in [0.25, 0.3) is 5.91 Å². The molecule has 0 heterocycles. The van der Waals surface area contributed by atoms with Crippen LogP contribution in [0.25, 0.3) is 0 Å². The van der Waals surface area contributed by atoms with Crippen LogP contribution in [-0.2, 0) is 5.41 Å². The van der Waals surface area contributed by atoms with E-state index in [9.17, 15) is 9.90 Å². The van der Waals surface area contributed by atoms with Gasteiger partial charge in [0.2, 0.25) is 0 Å². The van der Waals surface area contributed by atoms with Crippen LogP contribution in [0.2, 0.25) is 0 Å². The summed E-state index contributed by atoms with van der Waals surface area (Å²) in [7, 11) is 0. The van der Waals surface area contributed by atoms with Gasteiger partial charge in [-0.1, -0.05) is 39.0 Å². The fourth-order valence-electron chi connectivity index (χ4n) is 2.21. The molecule has 0 aliphatic carbocycles. The topological polar surface area (TPSA) is 49.3 Å². The molecule has 0 aromatic heterocycles. The van der Waals surface area contributed by atoms with Crippen molar-refractivity contribution in [2.24, 2.45) is 0 Å². The van der Waals surface area contributed by atoms with E-state index in [0.717, 1.165) is 5.56 Å². The van der Waals surface area contributed by atoms with E-state index >= 15 is 0 Å². The molecule has 1 amide bonds. The standard InChI is InChI=1S/C16H25NO2/c1-11(10-12(2)18)17-15(19)13-8-6-7-9-14(13)16(3,4)5/h6-9,11-12,18H,10H2,1-5H3,(H,17,19). The fraction of sp³-hybridized carbons (Fsp3) is 0.562. The molecule has 0 aliphatic heterocycles. The molecule has 0 saturated carbocycles. The lowest BCUT2D eigenvalue weighted by Gasteiger charge is -2.23. The maximum atomic E-state index is 12.3. The highest BCUT2D eigenvalue weighted by atomic mass is 16.3. The summed E-state index contributed by atoms with van der Waals surface area (Å²) in [4.78, 5) is 12.3. The number of rotatable bonds is 4. The minimum Gasteiger partial charge on any atom is -0.393 e. The summed E-state index contributed by atoms with van der Waals surface area (Å²) in [5.74, 6) is -0.0707. The quantitative estimate of drug-likeness (QED) is 0.877. The third-order valence-corrected chi connectivity index (χ3v) is 3.05. The van der Waals surface area contributed by atoms with Crippen LogP contribution < -0.4 is 5.32 Å². The molecule has 0 bridgehead atoms. The van der Waals surface area contributed by atoms with Crippen molar-refractivity contribution in [3.63, 3.8) is 0 Å². The van der Waals surface area contributed by atoms with E-state index in [0.29, 0.717) is 12.0 Å². The van der Waals surface area contributed by atoms with Crippen LogP contribution in [-0.4, -0.2) is 23.2 Å². The molecule has 3 nitrogen and oxygen atoms in total. The van der Waals surface area contributed by atoms with Gasteiger partial charge < -0.3 is 10.4 Å². The van der Waals surface area contributed by atoms with E-state index in [4.69, 9.17) is 0 Å². The molecule has 2 unspecified atom stereocenters. The normalized spacial score (nSPS) is 14.8. The second-order valence-corrected chi connectivity index (χ2v) is 6.25. The second-order valence-electron chi connectivity index (χ2n) is 6.25. The lowest BCUT2D eigenvalue weighted by atomic mass is 9.83. The molecule has 1 rings (SSSR count). The third-order valence-electron chi connectivity index (χ3n) is 3.05. The van der Waals surface area contributed by atoms with Gasteiger partial charge in [-0.2, -0.15) is 0 Å². The number of benzene rings is 1. The van der Waals surface area contributed by atoms with Crippen molar-refractivity contribution in [2.75, 3.05) is 0 Å². The van der Waals surface area contributed by atoms with E-state index in [1.807, 2.05) is 31.2 Å². The number of hydrogen-bond acceptors (Lipinski definition) is 2. The van der Waals surface area contributed by atoms with Crippen LogP contribution in [0.4, 0.5) is 0 Å². The van der Waals surface area contributed by atoms with E-state index in [-0.39, 0.29) is 17.4 Å². The Morgan fingerprint density at radius 2 is 1.84 bits per heavy atom. The zero-order chi connectivity index (χ0) is 14.6. The number of carbonyl (C=O) groups excluding carboxylic acids is 1. The minimum absolute atomic E-state index is 0.0412. The Hall–Kier alpha value is -1.35. The summed E-state index contributed by atoms with van der Waals surface area (Å²) >= 11 is 0. The SMILES string of the molecule is CC(O)CC(C)NC(=O)c1ccccc1C(C)(C)C. The van der Waals surface area contributed by atoms with E-state index in [1.54, 1.807) is 6.92 Å². The number of aliphatic hydroxyl groups is 1. The van der Waals surface area contributed by atoms with Crippen molar-refractivity contribution in [3.05, 3.63) is 35.4 Å². The van der Waals surface area contributed by atoms with Crippen LogP contribution in [0.3, 0.4) is 0 Å². The third kappa shape index (κ3) is 4.67. The van der Waals surface area contributed by atoms with Crippen molar-refractivity contribution < 1.29 is 9.90 Å². The van der Waals surface area contributed by atoms with Crippen molar-refractivity contribution in [1.82, 2.24) is 5.32 Å². The summed E-state index contributed by atoms with van der Waals surface area (Å²) in [5.41, 5.74) is 1.69. The molecule has 106 valence electrons. The Kier molecular flexibility index (Phi) is 5.12. The first-order chi connectivity index (χ1) is 8.71. The Balaban J connectivity index is 2.89. The molecule has 1 aromatic rings. The van der Waals surface area contributed by atoms with Gasteiger partial charge in [0.15, 0.2) is 0 Å². The highest BCUT2D eigenvalue weighted by Gasteiger charge is 2.22. The van der Waals surface area contributed by atoms with Gasteiger partial charge in [0, 0.05) is 11.6 Å². The molecule has 1 aromatic carbocycles. The van der Waals surface area contributed by atoms with Crippen molar-refractivity contribution >= 4 is 5.91 Å². The second kappa shape index (κ2) is 6.20. The number of hydrogen-bond donors (Lipinski definition) is 2. The van der Waals surface area contributed by atoms with E-state index in [1.165, 1.54) is 0 Å². The van der Waals surface area contributed by atoms with Gasteiger partial charge in [0.1, 0.15) is 0 Å². The highest BCUT2D eigenvalue weighted by molar-refractivity contribution is 5.96. The molecular weight excluding hydrogens is 238 g/mol. The molecular formula is C16H25NO2. The Bertz CT molecular complexity index is 433. The zero-order valence-electron chi connectivity index (χ0n) is 12.5. The fourth-order valence-corrected chi connectivity index (χ4v) is 2.21. The summed E-state index contributed by atoms with van der Waals surface area (Å²) in [6.45, 7) is 9.92. The Labute approximate surface area is 116 Å². The Morgan fingerprint density at radius 3 is 2.37 bits per heavy atom. The predicted octanol–water partition coefficient (Wildman–Crippen LogP) is 2.87. The van der Waals surface area contributed by atoms with Crippen LogP contribution in [0.5, 0.6) is 0 Å². The summed E-state index contributed by atoms with van der Waals surface area (Å²) < 4.78 is 0. The molecule has 0 radical (unpaired) electrons. The lowest BCUT2D eigenvalue weighted by molar-refractivity contribution is 0.0921. The molecule has 3 heteroatoms. The van der Waals surface area contributed by atoms with Crippen LogP contribution in [0.1, 0.15) is 57.0 Å². The van der Waals surface area contributed by atoms with Gasteiger partial charge in [-0.25, -0.2) is 0 Å². The summed E-state index contributed by atoms with van der Waals surface area (Å²) in [6.07, 6.45) is 0.150. The monoisotopic (exact) mass is 263 g/mol. The predicted molar refractivity (Wildman–Crippen MR) is 78.4 cm³/mol. The summed E-state index contributed by atoms with van der Waals surface area (Å²) in [6, 6.07) is 7.64. The largest absolute Gasteiger partial charge is 0.393 e. The maximum absolute atomic E-state index is 12.3. The van der Waals surface area contributed by atoms with Gasteiger partial charge in [-0.15, -0.1) is 0 Å². The minimum atomic E-state index is -0.409. The van der Waals surface area contributed by atoms with Crippen molar-refractivity contribution in [2.45, 2.75) is 58.6 Å². The number of carbonyl (C=O) groups is 1. The smallest absolute Gasteiger partial charge is 0.251 e. The average Bonchev–Trinajstić information content (AvgIpc) is 2.26. The van der Waals surface area contributed by atoms with Gasteiger partial charge >= 0.3 is 0 Å². The first-order valence-corrected chi connectivity index (χ1v) is 6.80. The number of nitrogens with one attached hydrogen (secondary N) is 1. The van der Waals surface area contributed by atoms with Crippen LogP contribution in [0, 0.1) is 0 Å². The molecule has 0 fully saturated rings. The van der Waals surface area contributed by atoms with Crippen molar-refractivity contribution in [3.8, 4) is 0 Å². The number of aliphatic hydroxyl groups excluding tert-OH is 1. The van der Waals surface area contributed by atoms with Crippen LogP contribution >= 0.6 is 0 Å². The molecule has 2 N–H and O–H groups in total. The summed E-state index contributed by atoms with van der Waals surface area (Å²) in [5, 5.41) is 12.3.